The van der Waals surface area contributed by atoms with Gasteiger partial charge in [0.2, 0.25) is 23.6 Å². The standard InChI is InChI=1S/C49H60N4O12S2/c1-26(51-40(58)16-18-50-45(63)37(66-5)22-41(59)60)43(61)52-27(2)44(62)53-31-7-6-8-33(20-31)67-25-28-9-11-29(12-10-28)46-64-39-21-35-34-14-13-30-19-32(55)15-17-47(30,3)42(34)36(56)23-48(35,4)49(39,65-46)38(57)24-54/h6-12,15,17,19-20,26-27,34-37,39,42,46,54,56H,13-14,16,18,21-25H2,1-5H3,(H,50,63)(H,51,58)(H,52,61)(H,53,62)(H,59,60)/t26-,27-,34-,35-,36-,37?,39+,42+,46+,47-,48-,49+/m0/s1. The van der Waals surface area contributed by atoms with Gasteiger partial charge in [0.1, 0.15) is 18.7 Å². The Kier molecular flexibility index (Phi) is 15.2. The molecule has 2 aromatic rings. The number of ketones is 2. The Hall–Kier alpha value is -4.85. The zero-order valence-electron chi connectivity index (χ0n) is 38.2. The van der Waals surface area contributed by atoms with Gasteiger partial charge in [-0.05, 0) is 93.5 Å². The number of carbonyl (C=O) groups excluding carboxylic acids is 6. The molecule has 16 nitrogen and oxygen atoms in total. The zero-order valence-corrected chi connectivity index (χ0v) is 39.9. The van der Waals surface area contributed by atoms with Crippen molar-refractivity contribution >= 4 is 70.4 Å². The van der Waals surface area contributed by atoms with Crippen LogP contribution in [0.4, 0.5) is 5.69 Å². The normalized spacial score (nSPS) is 30.6. The van der Waals surface area contributed by atoms with Gasteiger partial charge in [-0.3, -0.25) is 33.6 Å². The highest BCUT2D eigenvalue weighted by Crippen LogP contribution is 2.70. The Morgan fingerprint density at radius 1 is 0.970 bits per heavy atom. The third kappa shape index (κ3) is 10.0. The van der Waals surface area contributed by atoms with E-state index in [1.54, 1.807) is 42.3 Å². The maximum absolute atomic E-state index is 13.9. The SMILES string of the molecule is CSC(CC(=O)O)C(=O)NCCC(=O)N[C@@H](C)C(=O)N[C@@H](C)C(=O)Nc1cccc(SCc2ccc([C@@H]3O[C@@H]4C[C@H]5[C@@H]6CCC7=CC(=O)C=C[C@]7(C)[C@H]6[C@@H](O)C[C@]5(C)[C@]4(C(=O)CO)O3)cc2)c1. The number of rotatable bonds is 18. The summed E-state index contributed by atoms with van der Waals surface area (Å²) in [6, 6.07) is 13.1. The highest BCUT2D eigenvalue weighted by Gasteiger charge is 2.76. The quantitative estimate of drug-likeness (QED) is 0.103. The Balaban J connectivity index is 0.898. The average molecular weight is 961 g/mol. The second-order valence-electron chi connectivity index (χ2n) is 18.8. The molecule has 0 bridgehead atoms. The maximum Gasteiger partial charge on any atom is 0.305 e. The van der Waals surface area contributed by atoms with Crippen molar-refractivity contribution in [3.05, 3.63) is 83.5 Å². The lowest BCUT2D eigenvalue weighted by molar-refractivity contribution is -0.201. The number of carboxylic acid groups (broad SMARTS) is 1. The number of anilines is 1. The van der Waals surface area contributed by atoms with Gasteiger partial charge in [0.15, 0.2) is 23.5 Å². The fraction of sp³-hybridized carbons (Fsp3) is 0.531. The molecule has 1 saturated heterocycles. The van der Waals surface area contributed by atoms with Crippen LogP contribution < -0.4 is 21.3 Å². The summed E-state index contributed by atoms with van der Waals surface area (Å²) in [6.07, 6.45) is 6.54. The first-order chi connectivity index (χ1) is 31.8. The van der Waals surface area contributed by atoms with Crippen LogP contribution in [0.1, 0.15) is 83.6 Å². The van der Waals surface area contributed by atoms with Crippen LogP contribution in [0.3, 0.4) is 0 Å². The first-order valence-corrected chi connectivity index (χ1v) is 24.9. The fourth-order valence-corrected chi connectivity index (χ4v) is 12.8. The predicted octanol–water partition coefficient (Wildman–Crippen LogP) is 4.24. The van der Waals surface area contributed by atoms with E-state index in [-0.39, 0.29) is 42.9 Å². The van der Waals surface area contributed by atoms with Crippen LogP contribution in [-0.2, 0) is 48.8 Å². The highest BCUT2D eigenvalue weighted by atomic mass is 32.2. The van der Waals surface area contributed by atoms with E-state index in [4.69, 9.17) is 14.6 Å². The molecule has 2 aromatic carbocycles. The van der Waals surface area contributed by atoms with E-state index in [9.17, 15) is 43.8 Å². The molecule has 18 heteroatoms. The van der Waals surface area contributed by atoms with Gasteiger partial charge in [0.05, 0.1) is 23.9 Å². The number of allylic oxidation sites excluding steroid dienone is 4. The van der Waals surface area contributed by atoms with Crippen molar-refractivity contribution in [2.24, 2.45) is 28.6 Å². The number of fused-ring (bicyclic) bond motifs is 7. The molecule has 0 radical (unpaired) electrons. The number of aliphatic hydroxyl groups is 2. The molecule has 4 amide bonds. The Bertz CT molecular complexity index is 2340. The number of thioether (sulfide) groups is 2. The molecule has 4 fully saturated rings. The van der Waals surface area contributed by atoms with Crippen molar-refractivity contribution in [1.82, 2.24) is 16.0 Å². The number of hydrogen-bond donors (Lipinski definition) is 7. The second-order valence-corrected chi connectivity index (χ2v) is 20.9. The van der Waals surface area contributed by atoms with Gasteiger partial charge in [-0.15, -0.1) is 11.8 Å². The minimum absolute atomic E-state index is 0.00705. The summed E-state index contributed by atoms with van der Waals surface area (Å²) in [6.45, 7) is 6.36. The highest BCUT2D eigenvalue weighted by molar-refractivity contribution is 8.00. The topological polar surface area (TPSA) is 247 Å². The van der Waals surface area contributed by atoms with Gasteiger partial charge in [0.25, 0.3) is 0 Å². The number of hydrogen-bond acceptors (Lipinski definition) is 13. The maximum atomic E-state index is 13.9. The van der Waals surface area contributed by atoms with Crippen molar-refractivity contribution in [1.29, 1.82) is 0 Å². The summed E-state index contributed by atoms with van der Waals surface area (Å²) in [5.74, 6) is -3.13. The molecule has 12 atom stereocenters. The van der Waals surface area contributed by atoms with Crippen LogP contribution in [0.25, 0.3) is 0 Å². The Labute approximate surface area is 398 Å². The zero-order chi connectivity index (χ0) is 48.4. The molecule has 5 aliphatic rings. The van der Waals surface area contributed by atoms with Crippen LogP contribution in [0.15, 0.2) is 77.2 Å². The molecule has 1 heterocycles. The molecule has 360 valence electrons. The molecule has 4 aliphatic carbocycles. The number of aliphatic carboxylic acids is 1. The van der Waals surface area contributed by atoms with Crippen molar-refractivity contribution < 1.29 is 58.4 Å². The molecule has 7 rings (SSSR count). The number of ether oxygens (including phenoxy) is 2. The molecule has 7 N–H and O–H groups in total. The molecular formula is C49H60N4O12S2. The van der Waals surface area contributed by atoms with E-state index in [1.165, 1.54) is 13.8 Å². The molecular weight excluding hydrogens is 901 g/mol. The third-order valence-corrected chi connectivity index (χ3v) is 16.7. The van der Waals surface area contributed by atoms with Gasteiger partial charge < -0.3 is 46.1 Å². The van der Waals surface area contributed by atoms with Crippen LogP contribution in [-0.4, -0.2) is 111 Å². The minimum atomic E-state index is -1.44. The van der Waals surface area contributed by atoms with Gasteiger partial charge in [-0.2, -0.15) is 11.8 Å². The van der Waals surface area contributed by atoms with Gasteiger partial charge in [0, 0.05) is 51.6 Å². The Morgan fingerprint density at radius 2 is 1.70 bits per heavy atom. The largest absolute Gasteiger partial charge is 0.481 e. The molecule has 0 spiro atoms. The van der Waals surface area contributed by atoms with Gasteiger partial charge in [-0.25, -0.2) is 0 Å². The first kappa shape index (κ1) is 50.0. The lowest BCUT2D eigenvalue weighted by Crippen LogP contribution is -2.63. The predicted molar refractivity (Wildman–Crippen MR) is 250 cm³/mol. The van der Waals surface area contributed by atoms with Crippen molar-refractivity contribution in [3.63, 3.8) is 0 Å². The van der Waals surface area contributed by atoms with Gasteiger partial charge >= 0.3 is 5.97 Å². The first-order valence-electron chi connectivity index (χ1n) is 22.7. The second kappa shape index (κ2) is 20.4. The summed E-state index contributed by atoms with van der Waals surface area (Å²) in [4.78, 5) is 88.5. The minimum Gasteiger partial charge on any atom is -0.481 e. The fourth-order valence-electron chi connectivity index (χ4n) is 11.3. The van der Waals surface area contributed by atoms with Crippen LogP contribution >= 0.6 is 23.5 Å². The monoisotopic (exact) mass is 960 g/mol. The third-order valence-electron chi connectivity index (χ3n) is 14.7. The van der Waals surface area contributed by atoms with Crippen molar-refractivity contribution in [3.8, 4) is 0 Å². The van der Waals surface area contributed by atoms with Crippen LogP contribution in [0.2, 0.25) is 0 Å². The van der Waals surface area contributed by atoms with E-state index < -0.39 is 94.3 Å². The number of amides is 4. The van der Waals surface area contributed by atoms with E-state index in [0.29, 0.717) is 24.3 Å². The molecule has 67 heavy (non-hydrogen) atoms. The summed E-state index contributed by atoms with van der Waals surface area (Å²) < 4.78 is 13.4. The molecule has 3 saturated carbocycles. The van der Waals surface area contributed by atoms with E-state index >= 15 is 0 Å². The van der Waals surface area contributed by atoms with E-state index in [1.807, 2.05) is 49.4 Å². The summed E-state index contributed by atoms with van der Waals surface area (Å²) in [5.41, 5.74) is 0.581. The number of carbonyl (C=O) groups is 7. The molecule has 0 aromatic heterocycles. The van der Waals surface area contributed by atoms with E-state index in [0.717, 1.165) is 46.2 Å². The number of nitrogens with one attached hydrogen (secondary N) is 4. The average Bonchev–Trinajstić information content (AvgIpc) is 3.80. The van der Waals surface area contributed by atoms with Crippen LogP contribution in [0, 0.1) is 28.6 Å². The number of Topliss-reactive ketones (excluding diaryl/α,β-unsaturated/α-hetero) is 1. The smallest absolute Gasteiger partial charge is 0.305 e. The number of aliphatic hydroxyl groups excluding tert-OH is 2. The van der Waals surface area contributed by atoms with E-state index in [2.05, 4.69) is 28.2 Å². The lowest BCUT2D eigenvalue weighted by Gasteiger charge is -2.59. The lowest BCUT2D eigenvalue weighted by atomic mass is 9.46. The molecule has 1 aliphatic heterocycles. The number of carboxylic acids is 1. The van der Waals surface area contributed by atoms with Crippen LogP contribution in [0.5, 0.6) is 0 Å². The summed E-state index contributed by atoms with van der Waals surface area (Å²) >= 11 is 2.64. The Morgan fingerprint density at radius 3 is 2.40 bits per heavy atom. The summed E-state index contributed by atoms with van der Waals surface area (Å²) in [7, 11) is 0. The number of benzene rings is 2. The van der Waals surface area contributed by atoms with Gasteiger partial charge in [-0.1, -0.05) is 55.8 Å². The van der Waals surface area contributed by atoms with Crippen molar-refractivity contribution in [2.45, 2.75) is 118 Å². The molecule has 1 unspecified atom stereocenters. The van der Waals surface area contributed by atoms with Crippen molar-refractivity contribution in [2.75, 3.05) is 24.7 Å². The summed E-state index contributed by atoms with van der Waals surface area (Å²) in [5, 5.41) is 40.9.